The van der Waals surface area contributed by atoms with Gasteiger partial charge in [0.2, 0.25) is 13.6 Å². The van der Waals surface area contributed by atoms with E-state index in [1.165, 1.54) is 12.1 Å². The molecule has 0 amide bonds. The number of imidazole rings is 1. The third-order valence-electron chi connectivity index (χ3n) is 6.87. The van der Waals surface area contributed by atoms with Gasteiger partial charge in [0.25, 0.3) is 0 Å². The fourth-order valence-electron chi connectivity index (χ4n) is 5.04. The number of aryl methyl sites for hydroxylation is 1. The molecular weight excluding hydrogens is 485 g/mol. The van der Waals surface area contributed by atoms with Gasteiger partial charge in [0.1, 0.15) is 17.5 Å². The smallest absolute Gasteiger partial charge is 0.231 e. The molecule has 3 aromatic carbocycles. The largest absolute Gasteiger partial charge is 0.454 e. The topological polar surface area (TPSA) is 58.0 Å². The molecule has 2 aliphatic rings. The first-order chi connectivity index (χ1) is 18.6. The molecule has 0 saturated heterocycles. The number of hydrogen-bond donors (Lipinski definition) is 0. The summed E-state index contributed by atoms with van der Waals surface area (Å²) < 4.78 is 38.3. The molecule has 0 atom stereocenters. The van der Waals surface area contributed by atoms with Gasteiger partial charge < -0.3 is 28.4 Å². The summed E-state index contributed by atoms with van der Waals surface area (Å²) in [7, 11) is 0. The minimum absolute atomic E-state index is 0.240. The molecule has 3 heterocycles. The molecular formula is C30H30FN3O4. The normalized spacial score (nSPS) is 13.2. The summed E-state index contributed by atoms with van der Waals surface area (Å²) in [5, 5.41) is 0. The van der Waals surface area contributed by atoms with Gasteiger partial charge >= 0.3 is 0 Å². The van der Waals surface area contributed by atoms with Crippen molar-refractivity contribution >= 4 is 5.82 Å². The number of rotatable bonds is 9. The maximum absolute atomic E-state index is 13.7. The van der Waals surface area contributed by atoms with Crippen LogP contribution in [-0.2, 0) is 19.6 Å². The number of nitrogens with zero attached hydrogens (tertiary/aromatic N) is 3. The van der Waals surface area contributed by atoms with Crippen molar-refractivity contribution in [3.63, 3.8) is 0 Å². The molecule has 0 saturated carbocycles. The van der Waals surface area contributed by atoms with Crippen LogP contribution in [0.1, 0.15) is 36.6 Å². The average molecular weight is 516 g/mol. The number of halogens is 1. The van der Waals surface area contributed by atoms with Crippen LogP contribution in [0.3, 0.4) is 0 Å². The number of unbranched alkanes of at least 4 members (excludes halogenated alkanes) is 1. The minimum Gasteiger partial charge on any atom is -0.454 e. The second-order valence-electron chi connectivity index (χ2n) is 9.59. The molecule has 0 unspecified atom stereocenters. The Morgan fingerprint density at radius 1 is 0.816 bits per heavy atom. The Labute approximate surface area is 221 Å². The Balaban J connectivity index is 1.42. The predicted octanol–water partition coefficient (Wildman–Crippen LogP) is 6.46. The van der Waals surface area contributed by atoms with Crippen molar-refractivity contribution in [3.05, 3.63) is 83.3 Å². The van der Waals surface area contributed by atoms with Crippen molar-refractivity contribution in [3.8, 4) is 34.4 Å². The Morgan fingerprint density at radius 2 is 1.39 bits per heavy atom. The molecule has 8 heteroatoms. The first-order valence-electron chi connectivity index (χ1n) is 12.9. The summed E-state index contributed by atoms with van der Waals surface area (Å²) in [6.45, 7) is 6.76. The lowest BCUT2D eigenvalue weighted by atomic mass is 10.1. The van der Waals surface area contributed by atoms with Crippen LogP contribution >= 0.6 is 0 Å². The van der Waals surface area contributed by atoms with Gasteiger partial charge in [-0.05, 0) is 73.0 Å². The molecule has 196 valence electrons. The molecule has 0 fully saturated rings. The second kappa shape index (κ2) is 10.3. The zero-order valence-electron chi connectivity index (χ0n) is 21.6. The highest BCUT2D eigenvalue weighted by Gasteiger charge is 2.24. The molecule has 0 N–H and O–H groups in total. The van der Waals surface area contributed by atoms with Crippen LogP contribution in [0.25, 0.3) is 11.4 Å². The highest BCUT2D eigenvalue weighted by molar-refractivity contribution is 5.63. The van der Waals surface area contributed by atoms with Gasteiger partial charge in [-0.25, -0.2) is 9.37 Å². The van der Waals surface area contributed by atoms with Crippen LogP contribution in [0.4, 0.5) is 10.2 Å². The van der Waals surface area contributed by atoms with E-state index in [2.05, 4.69) is 28.5 Å². The SMILES string of the molecule is CCCCn1c(-c2ccc(F)cc2)nc(C)c1N(Cc1ccc2c(c1)OCO2)Cc1ccc2c(c1)OCO2. The molecule has 38 heavy (non-hydrogen) atoms. The standard InChI is InChI=1S/C30H30FN3O4/c1-3-4-13-34-29(23-7-9-24(31)10-8-23)32-20(2)30(34)33(16-21-5-11-25-27(14-21)37-18-35-25)17-22-6-12-26-28(15-22)38-19-36-26/h5-12,14-15H,3-4,13,16-19H2,1-2H3. The maximum Gasteiger partial charge on any atom is 0.231 e. The number of ether oxygens (including phenoxy) is 4. The average Bonchev–Trinajstić information content (AvgIpc) is 3.65. The van der Waals surface area contributed by atoms with Crippen LogP contribution in [0.2, 0.25) is 0 Å². The molecule has 1 aromatic heterocycles. The van der Waals surface area contributed by atoms with Crippen LogP contribution in [0.15, 0.2) is 60.7 Å². The van der Waals surface area contributed by atoms with Crippen molar-refractivity contribution in [1.82, 2.24) is 9.55 Å². The molecule has 0 radical (unpaired) electrons. The summed E-state index contributed by atoms with van der Waals surface area (Å²) in [4.78, 5) is 7.33. The number of benzene rings is 3. The summed E-state index contributed by atoms with van der Waals surface area (Å²) in [6, 6.07) is 18.7. The van der Waals surface area contributed by atoms with E-state index in [4.69, 9.17) is 23.9 Å². The number of anilines is 1. The fourth-order valence-corrected chi connectivity index (χ4v) is 5.04. The minimum atomic E-state index is -0.260. The van der Waals surface area contributed by atoms with Gasteiger partial charge in [-0.15, -0.1) is 0 Å². The van der Waals surface area contributed by atoms with Gasteiger partial charge in [0, 0.05) is 25.2 Å². The van der Waals surface area contributed by atoms with Crippen LogP contribution in [0.5, 0.6) is 23.0 Å². The van der Waals surface area contributed by atoms with Crippen molar-refractivity contribution in [2.45, 2.75) is 46.3 Å². The summed E-state index contributed by atoms with van der Waals surface area (Å²) in [5.41, 5.74) is 4.01. The zero-order chi connectivity index (χ0) is 26.1. The quantitative estimate of drug-likeness (QED) is 0.255. The van der Waals surface area contributed by atoms with Gasteiger partial charge in [0.15, 0.2) is 23.0 Å². The summed E-state index contributed by atoms with van der Waals surface area (Å²) >= 11 is 0. The van der Waals surface area contributed by atoms with Crippen molar-refractivity contribution in [1.29, 1.82) is 0 Å². The fraction of sp³-hybridized carbons (Fsp3) is 0.300. The molecule has 7 nitrogen and oxygen atoms in total. The first-order valence-corrected chi connectivity index (χ1v) is 12.9. The highest BCUT2D eigenvalue weighted by Crippen LogP contribution is 2.37. The molecule has 6 rings (SSSR count). The third kappa shape index (κ3) is 4.74. The van der Waals surface area contributed by atoms with E-state index in [1.54, 1.807) is 12.1 Å². The first kappa shape index (κ1) is 24.2. The van der Waals surface area contributed by atoms with E-state index < -0.39 is 0 Å². The molecule has 0 spiro atoms. The number of hydrogen-bond acceptors (Lipinski definition) is 6. The second-order valence-corrected chi connectivity index (χ2v) is 9.59. The molecule has 2 aliphatic heterocycles. The number of fused-ring (bicyclic) bond motifs is 2. The van der Waals surface area contributed by atoms with E-state index in [9.17, 15) is 4.39 Å². The molecule has 4 aromatic rings. The Hall–Kier alpha value is -4.20. The van der Waals surface area contributed by atoms with Gasteiger partial charge in [-0.1, -0.05) is 25.5 Å². The van der Waals surface area contributed by atoms with Gasteiger partial charge in [-0.3, -0.25) is 0 Å². The Morgan fingerprint density at radius 3 is 1.97 bits per heavy atom. The van der Waals surface area contributed by atoms with E-state index in [0.29, 0.717) is 13.1 Å². The third-order valence-corrected chi connectivity index (χ3v) is 6.87. The van der Waals surface area contributed by atoms with E-state index in [-0.39, 0.29) is 19.4 Å². The molecule has 0 bridgehead atoms. The van der Waals surface area contributed by atoms with Crippen molar-refractivity contribution < 1.29 is 23.3 Å². The maximum atomic E-state index is 13.7. The lowest BCUT2D eigenvalue weighted by molar-refractivity contribution is 0.173. The van der Waals surface area contributed by atoms with E-state index in [0.717, 1.165) is 76.4 Å². The monoisotopic (exact) mass is 515 g/mol. The van der Waals surface area contributed by atoms with Crippen molar-refractivity contribution in [2.75, 3.05) is 18.5 Å². The van der Waals surface area contributed by atoms with E-state index >= 15 is 0 Å². The zero-order valence-corrected chi connectivity index (χ0v) is 21.6. The van der Waals surface area contributed by atoms with E-state index in [1.807, 2.05) is 31.2 Å². The van der Waals surface area contributed by atoms with Gasteiger partial charge in [-0.2, -0.15) is 0 Å². The predicted molar refractivity (Wildman–Crippen MR) is 142 cm³/mol. The van der Waals surface area contributed by atoms with Crippen LogP contribution in [-0.4, -0.2) is 23.1 Å². The Kier molecular flexibility index (Phi) is 6.54. The lowest BCUT2D eigenvalue weighted by Crippen LogP contribution is -2.26. The highest BCUT2D eigenvalue weighted by atomic mass is 19.1. The lowest BCUT2D eigenvalue weighted by Gasteiger charge is -2.28. The van der Waals surface area contributed by atoms with Gasteiger partial charge in [0.05, 0.1) is 5.69 Å². The molecule has 0 aliphatic carbocycles. The summed E-state index contributed by atoms with van der Waals surface area (Å²) in [6.07, 6.45) is 2.04. The van der Waals surface area contributed by atoms with Crippen LogP contribution < -0.4 is 23.8 Å². The van der Waals surface area contributed by atoms with Crippen molar-refractivity contribution in [2.24, 2.45) is 0 Å². The number of aromatic nitrogens is 2. The summed E-state index contributed by atoms with van der Waals surface area (Å²) in [5.74, 6) is 4.66. The van der Waals surface area contributed by atoms with Crippen LogP contribution in [0, 0.1) is 12.7 Å². The Bertz CT molecular complexity index is 1390.